The number of H-pyrrole nitrogens is 1. The highest BCUT2D eigenvalue weighted by atomic mass is 35.5. The van der Waals surface area contributed by atoms with Crippen molar-refractivity contribution in [3.05, 3.63) is 52.0 Å². The van der Waals surface area contributed by atoms with Crippen LogP contribution in [0, 0.1) is 0 Å². The summed E-state index contributed by atoms with van der Waals surface area (Å²) in [6, 6.07) is 9.92. The molecular weight excluding hydrogens is 402 g/mol. The highest BCUT2D eigenvalue weighted by molar-refractivity contribution is 7.22. The molecule has 1 atom stereocenters. The Hall–Kier alpha value is -2.88. The van der Waals surface area contributed by atoms with Gasteiger partial charge in [-0.25, -0.2) is 5.84 Å². The number of aromatic amines is 1. The van der Waals surface area contributed by atoms with Gasteiger partial charge in [-0.15, -0.1) is 11.3 Å². The second-order valence-electron chi connectivity index (χ2n) is 6.37. The Morgan fingerprint density at radius 3 is 2.86 bits per heavy atom. The maximum Gasteiger partial charge on any atom is 0.268 e. The monoisotopic (exact) mass is 417 g/mol. The van der Waals surface area contributed by atoms with Crippen LogP contribution >= 0.6 is 22.9 Å². The number of rotatable bonds is 4. The van der Waals surface area contributed by atoms with Crippen LogP contribution in [0.15, 0.2) is 36.4 Å². The molecule has 0 bridgehead atoms. The second-order valence-corrected chi connectivity index (χ2v) is 8.05. The number of para-hydroxylation sites is 1. The van der Waals surface area contributed by atoms with Crippen molar-refractivity contribution in [1.82, 2.24) is 15.7 Å². The van der Waals surface area contributed by atoms with Crippen LogP contribution in [0.2, 0.25) is 4.34 Å². The predicted octanol–water partition coefficient (Wildman–Crippen LogP) is 1.56. The van der Waals surface area contributed by atoms with Crippen molar-refractivity contribution in [2.45, 2.75) is 12.5 Å². The average molecular weight is 418 g/mol. The van der Waals surface area contributed by atoms with Crippen molar-refractivity contribution in [1.29, 1.82) is 0 Å². The number of nitrogens with one attached hydrogen (secondary N) is 3. The van der Waals surface area contributed by atoms with Crippen molar-refractivity contribution < 1.29 is 14.4 Å². The van der Waals surface area contributed by atoms with Crippen LogP contribution in [0.3, 0.4) is 0 Å². The van der Waals surface area contributed by atoms with E-state index in [9.17, 15) is 14.4 Å². The summed E-state index contributed by atoms with van der Waals surface area (Å²) in [5.41, 5.74) is 3.86. The number of anilines is 1. The Morgan fingerprint density at radius 1 is 1.32 bits per heavy atom. The number of fused-ring (bicyclic) bond motifs is 2. The van der Waals surface area contributed by atoms with Crippen LogP contribution in [0.25, 0.3) is 10.2 Å². The number of carbonyl (C=O) groups excluding carboxylic acids is 3. The molecule has 1 aliphatic rings. The first-order valence-corrected chi connectivity index (χ1v) is 9.63. The topological polar surface area (TPSA) is 120 Å². The van der Waals surface area contributed by atoms with E-state index in [1.54, 1.807) is 24.3 Å². The number of aromatic nitrogens is 1. The van der Waals surface area contributed by atoms with Gasteiger partial charge in [0.2, 0.25) is 5.91 Å². The summed E-state index contributed by atoms with van der Waals surface area (Å²) < 4.78 is 0.626. The van der Waals surface area contributed by atoms with E-state index in [1.807, 2.05) is 17.6 Å². The van der Waals surface area contributed by atoms with Crippen molar-refractivity contribution in [2.75, 3.05) is 11.4 Å². The summed E-state index contributed by atoms with van der Waals surface area (Å²) in [6.07, 6.45) is 0.336. The molecular formula is C18H16ClN5O3S. The molecule has 28 heavy (non-hydrogen) atoms. The first kappa shape index (κ1) is 18.5. The molecule has 3 amide bonds. The molecule has 4 rings (SSSR count). The van der Waals surface area contributed by atoms with E-state index in [1.165, 1.54) is 16.2 Å². The molecule has 144 valence electrons. The molecule has 1 unspecified atom stereocenters. The molecule has 3 aromatic rings. The lowest BCUT2D eigenvalue weighted by Crippen LogP contribution is -2.55. The van der Waals surface area contributed by atoms with Crippen LogP contribution < -0.4 is 21.5 Å². The summed E-state index contributed by atoms with van der Waals surface area (Å²) in [4.78, 5) is 42.5. The maximum atomic E-state index is 12.9. The van der Waals surface area contributed by atoms with Crippen LogP contribution in [-0.2, 0) is 16.0 Å². The van der Waals surface area contributed by atoms with Gasteiger partial charge in [0.1, 0.15) is 23.1 Å². The zero-order chi connectivity index (χ0) is 19.8. The van der Waals surface area contributed by atoms with Gasteiger partial charge in [-0.2, -0.15) is 0 Å². The molecule has 0 aliphatic carbocycles. The minimum Gasteiger partial charge on any atom is -0.342 e. The molecule has 0 fully saturated rings. The Balaban J connectivity index is 1.58. The smallest absolute Gasteiger partial charge is 0.268 e. The lowest BCUT2D eigenvalue weighted by atomic mass is 9.97. The third-order valence-electron chi connectivity index (χ3n) is 4.56. The Bertz CT molecular complexity index is 1060. The fourth-order valence-corrected chi connectivity index (χ4v) is 4.40. The average Bonchev–Trinajstić information content (AvgIpc) is 3.22. The number of hydrazine groups is 1. The summed E-state index contributed by atoms with van der Waals surface area (Å²) in [5.74, 6) is 3.89. The van der Waals surface area contributed by atoms with Gasteiger partial charge in [0.25, 0.3) is 11.8 Å². The van der Waals surface area contributed by atoms with Crippen LogP contribution in [0.4, 0.5) is 5.69 Å². The van der Waals surface area contributed by atoms with Crippen molar-refractivity contribution in [2.24, 2.45) is 5.84 Å². The lowest BCUT2D eigenvalue weighted by Gasteiger charge is -2.33. The molecule has 0 saturated heterocycles. The molecule has 0 spiro atoms. The molecule has 1 aromatic carbocycles. The molecule has 5 N–H and O–H groups in total. The molecule has 0 saturated carbocycles. The normalized spacial score (nSPS) is 16.1. The minimum absolute atomic E-state index is 0.227. The number of benzene rings is 1. The second kappa shape index (κ2) is 7.27. The number of carbonyl (C=O) groups is 3. The van der Waals surface area contributed by atoms with E-state index < -0.39 is 17.9 Å². The van der Waals surface area contributed by atoms with Gasteiger partial charge in [0, 0.05) is 17.5 Å². The number of halogens is 1. The largest absolute Gasteiger partial charge is 0.342 e. The zero-order valence-corrected chi connectivity index (χ0v) is 16.1. The Labute approximate surface area is 168 Å². The Kier molecular flexibility index (Phi) is 4.80. The summed E-state index contributed by atoms with van der Waals surface area (Å²) >= 11 is 7.29. The summed E-state index contributed by atoms with van der Waals surface area (Å²) in [6.45, 7) is -0.227. The number of thiophene rings is 1. The summed E-state index contributed by atoms with van der Waals surface area (Å²) in [5, 5.41) is 3.59. The fraction of sp³-hybridized carbons (Fsp3) is 0.167. The van der Waals surface area contributed by atoms with Crippen molar-refractivity contribution in [3.8, 4) is 0 Å². The maximum absolute atomic E-state index is 12.9. The van der Waals surface area contributed by atoms with E-state index in [-0.39, 0.29) is 12.5 Å². The van der Waals surface area contributed by atoms with E-state index in [2.05, 4.69) is 10.3 Å². The number of hydrogen-bond acceptors (Lipinski definition) is 5. The van der Waals surface area contributed by atoms with Crippen LogP contribution in [0.5, 0.6) is 0 Å². The third-order valence-corrected chi connectivity index (χ3v) is 5.76. The highest BCUT2D eigenvalue weighted by Crippen LogP contribution is 2.30. The van der Waals surface area contributed by atoms with Gasteiger partial charge in [0.05, 0.1) is 4.34 Å². The van der Waals surface area contributed by atoms with Gasteiger partial charge in [-0.1, -0.05) is 29.8 Å². The standard InChI is InChI=1S/C18H16ClN5O3S/c19-14-7-10-6-11(22-17(10)28-14)16(26)21-12-5-9-3-1-2-4-13(9)24(18(12)27)8-15(25)23-20/h1-4,6-7,12,22H,5,8,20H2,(H,21,26)(H,23,25). The third kappa shape index (κ3) is 3.35. The number of hydrogen-bond donors (Lipinski definition) is 4. The van der Waals surface area contributed by atoms with Gasteiger partial charge in [-0.3, -0.25) is 19.8 Å². The van der Waals surface area contributed by atoms with E-state index in [0.717, 1.165) is 15.8 Å². The van der Waals surface area contributed by atoms with Crippen molar-refractivity contribution in [3.63, 3.8) is 0 Å². The van der Waals surface area contributed by atoms with E-state index in [4.69, 9.17) is 17.4 Å². The predicted molar refractivity (Wildman–Crippen MR) is 107 cm³/mol. The van der Waals surface area contributed by atoms with Gasteiger partial charge < -0.3 is 15.2 Å². The molecule has 1 aliphatic heterocycles. The minimum atomic E-state index is -0.794. The van der Waals surface area contributed by atoms with Gasteiger partial charge in [-0.05, 0) is 23.8 Å². The van der Waals surface area contributed by atoms with Crippen LogP contribution in [-0.4, -0.2) is 35.3 Å². The van der Waals surface area contributed by atoms with Gasteiger partial charge in [0.15, 0.2) is 0 Å². The van der Waals surface area contributed by atoms with E-state index >= 15 is 0 Å². The fourth-order valence-electron chi connectivity index (χ4n) is 3.28. The molecule has 8 nitrogen and oxygen atoms in total. The Morgan fingerprint density at radius 2 is 2.11 bits per heavy atom. The molecule has 10 heteroatoms. The SMILES string of the molecule is NNC(=O)CN1C(=O)C(NC(=O)c2cc3cc(Cl)sc3[nH]2)Cc2ccccc21. The first-order valence-electron chi connectivity index (χ1n) is 8.44. The summed E-state index contributed by atoms with van der Waals surface area (Å²) in [7, 11) is 0. The highest BCUT2D eigenvalue weighted by Gasteiger charge is 2.35. The number of nitrogens with two attached hydrogens (primary N) is 1. The lowest BCUT2D eigenvalue weighted by molar-refractivity contribution is -0.125. The van der Waals surface area contributed by atoms with E-state index in [0.29, 0.717) is 22.1 Å². The number of nitrogens with zero attached hydrogens (tertiary/aromatic N) is 1. The molecule has 0 radical (unpaired) electrons. The zero-order valence-electron chi connectivity index (χ0n) is 14.5. The van der Waals surface area contributed by atoms with Gasteiger partial charge >= 0.3 is 0 Å². The quantitative estimate of drug-likeness (QED) is 0.292. The van der Waals surface area contributed by atoms with Crippen LogP contribution in [0.1, 0.15) is 16.1 Å². The first-order chi connectivity index (χ1) is 13.5. The molecule has 2 aromatic heterocycles. The van der Waals surface area contributed by atoms with Crippen molar-refractivity contribution >= 4 is 56.6 Å². The molecule has 3 heterocycles. The number of amides is 3.